The molecule has 0 aliphatic heterocycles. The van der Waals surface area contributed by atoms with E-state index in [9.17, 15) is 4.79 Å². The first-order valence-corrected chi connectivity index (χ1v) is 7.25. The molecule has 1 aromatic heterocycles. The van der Waals surface area contributed by atoms with Crippen molar-refractivity contribution in [3.05, 3.63) is 18.7 Å². The maximum Gasteiger partial charge on any atom is 0.237 e. The molecule has 1 atom stereocenters. The minimum Gasteiger partial charge on any atom is -0.352 e. The molecule has 1 aliphatic carbocycles. The Morgan fingerprint density at radius 3 is 2.89 bits per heavy atom. The number of aromatic nitrogens is 2. The summed E-state index contributed by atoms with van der Waals surface area (Å²) >= 11 is 0. The van der Waals surface area contributed by atoms with Crippen LogP contribution in [0.1, 0.15) is 39.0 Å². The van der Waals surface area contributed by atoms with Gasteiger partial charge in [-0.15, -0.1) is 0 Å². The topological polar surface area (TPSA) is 59.0 Å². The number of nitrogens with zero attached hydrogens (tertiary/aromatic N) is 2. The summed E-state index contributed by atoms with van der Waals surface area (Å²) in [5, 5.41) is 6.39. The van der Waals surface area contributed by atoms with E-state index < -0.39 is 0 Å². The van der Waals surface area contributed by atoms with Crippen LogP contribution in [0.5, 0.6) is 0 Å². The van der Waals surface area contributed by atoms with Crippen LogP contribution in [0, 0.1) is 0 Å². The summed E-state index contributed by atoms with van der Waals surface area (Å²) in [5.74, 6) is 0.123. The van der Waals surface area contributed by atoms with Crippen molar-refractivity contribution < 1.29 is 4.79 Å². The number of amides is 1. The summed E-state index contributed by atoms with van der Waals surface area (Å²) in [5.41, 5.74) is 0. The van der Waals surface area contributed by atoms with E-state index in [-0.39, 0.29) is 11.9 Å². The van der Waals surface area contributed by atoms with Gasteiger partial charge in [0, 0.05) is 31.5 Å². The number of hydrogen-bond acceptors (Lipinski definition) is 3. The number of rotatable bonds is 6. The Morgan fingerprint density at radius 2 is 2.21 bits per heavy atom. The van der Waals surface area contributed by atoms with Crippen LogP contribution in [0.15, 0.2) is 18.7 Å². The van der Waals surface area contributed by atoms with E-state index in [1.165, 1.54) is 19.3 Å². The molecule has 19 heavy (non-hydrogen) atoms. The van der Waals surface area contributed by atoms with Crippen LogP contribution in [0.25, 0.3) is 0 Å². The van der Waals surface area contributed by atoms with E-state index in [1.807, 2.05) is 17.7 Å². The second-order valence-corrected chi connectivity index (χ2v) is 5.32. The molecule has 1 saturated carbocycles. The Labute approximate surface area is 114 Å². The molecule has 1 heterocycles. The Kier molecular flexibility index (Phi) is 5.39. The first kappa shape index (κ1) is 14.1. The van der Waals surface area contributed by atoms with Crippen molar-refractivity contribution in [3.63, 3.8) is 0 Å². The third-order valence-electron chi connectivity index (χ3n) is 3.72. The molecule has 1 amide bonds. The van der Waals surface area contributed by atoms with Crippen molar-refractivity contribution in [1.29, 1.82) is 0 Å². The molecule has 2 rings (SSSR count). The largest absolute Gasteiger partial charge is 0.352 e. The monoisotopic (exact) mass is 264 g/mol. The first-order chi connectivity index (χ1) is 9.25. The van der Waals surface area contributed by atoms with Gasteiger partial charge in [-0.25, -0.2) is 4.98 Å². The smallest absolute Gasteiger partial charge is 0.237 e. The zero-order valence-corrected chi connectivity index (χ0v) is 11.6. The summed E-state index contributed by atoms with van der Waals surface area (Å²) in [7, 11) is 0. The molecule has 0 bridgehead atoms. The Morgan fingerprint density at radius 1 is 1.42 bits per heavy atom. The molecule has 1 aromatic rings. The van der Waals surface area contributed by atoms with E-state index in [2.05, 4.69) is 15.6 Å². The van der Waals surface area contributed by atoms with Gasteiger partial charge < -0.3 is 15.2 Å². The standard InChI is InChI=1S/C14H24N4O/c1-12(16-8-10-18-9-7-15-11-18)14(19)17-13-5-3-2-4-6-13/h7,9,11-13,16H,2-6,8,10H2,1H3,(H,17,19). The van der Waals surface area contributed by atoms with Crippen molar-refractivity contribution in [2.75, 3.05) is 6.54 Å². The average molecular weight is 264 g/mol. The van der Waals surface area contributed by atoms with Gasteiger partial charge in [-0.1, -0.05) is 19.3 Å². The van der Waals surface area contributed by atoms with E-state index in [1.54, 1.807) is 12.5 Å². The summed E-state index contributed by atoms with van der Waals surface area (Å²) < 4.78 is 2.00. The van der Waals surface area contributed by atoms with Gasteiger partial charge >= 0.3 is 0 Å². The molecular weight excluding hydrogens is 240 g/mol. The summed E-state index contributed by atoms with van der Waals surface area (Å²) in [6.45, 7) is 3.53. The van der Waals surface area contributed by atoms with Gasteiger partial charge in [0.1, 0.15) is 0 Å². The van der Waals surface area contributed by atoms with E-state index >= 15 is 0 Å². The predicted molar refractivity (Wildman–Crippen MR) is 74.7 cm³/mol. The molecule has 1 aliphatic rings. The Balaban J connectivity index is 1.64. The number of hydrogen-bond donors (Lipinski definition) is 2. The summed E-state index contributed by atoms with van der Waals surface area (Å²) in [6.07, 6.45) is 11.5. The second kappa shape index (κ2) is 7.28. The van der Waals surface area contributed by atoms with E-state index in [0.717, 1.165) is 25.9 Å². The van der Waals surface area contributed by atoms with Crippen molar-refractivity contribution in [2.24, 2.45) is 0 Å². The highest BCUT2D eigenvalue weighted by molar-refractivity contribution is 5.81. The number of nitrogens with one attached hydrogen (secondary N) is 2. The molecule has 0 aromatic carbocycles. The summed E-state index contributed by atoms with van der Waals surface area (Å²) in [4.78, 5) is 16.0. The SMILES string of the molecule is CC(NCCn1ccnc1)C(=O)NC1CCCCC1. The van der Waals surface area contributed by atoms with Gasteiger partial charge in [-0.2, -0.15) is 0 Å². The van der Waals surface area contributed by atoms with Crippen LogP contribution >= 0.6 is 0 Å². The van der Waals surface area contributed by atoms with E-state index in [0.29, 0.717) is 6.04 Å². The van der Waals surface area contributed by atoms with Gasteiger partial charge in [0.2, 0.25) is 5.91 Å². The van der Waals surface area contributed by atoms with Gasteiger partial charge in [0.15, 0.2) is 0 Å². The molecule has 5 nitrogen and oxygen atoms in total. The Hall–Kier alpha value is -1.36. The zero-order valence-electron chi connectivity index (χ0n) is 11.6. The lowest BCUT2D eigenvalue weighted by atomic mass is 9.95. The number of carbonyl (C=O) groups excluding carboxylic acids is 1. The third-order valence-corrected chi connectivity index (χ3v) is 3.72. The average Bonchev–Trinajstić information content (AvgIpc) is 2.93. The van der Waals surface area contributed by atoms with Crippen LogP contribution in [-0.2, 0) is 11.3 Å². The molecule has 1 unspecified atom stereocenters. The maximum atomic E-state index is 12.0. The fourth-order valence-electron chi connectivity index (χ4n) is 2.49. The third kappa shape index (κ3) is 4.67. The minimum absolute atomic E-state index is 0.123. The highest BCUT2D eigenvalue weighted by Gasteiger charge is 2.18. The van der Waals surface area contributed by atoms with Crippen molar-refractivity contribution >= 4 is 5.91 Å². The van der Waals surface area contributed by atoms with Crippen LogP contribution in [0.2, 0.25) is 0 Å². The highest BCUT2D eigenvalue weighted by Crippen LogP contribution is 2.17. The molecule has 1 fully saturated rings. The van der Waals surface area contributed by atoms with Crippen molar-refractivity contribution in [3.8, 4) is 0 Å². The fourth-order valence-corrected chi connectivity index (χ4v) is 2.49. The van der Waals surface area contributed by atoms with Crippen LogP contribution in [0.3, 0.4) is 0 Å². The lowest BCUT2D eigenvalue weighted by molar-refractivity contribution is -0.123. The molecule has 5 heteroatoms. The highest BCUT2D eigenvalue weighted by atomic mass is 16.2. The number of carbonyl (C=O) groups is 1. The maximum absolute atomic E-state index is 12.0. The normalized spacial score (nSPS) is 18.2. The van der Waals surface area contributed by atoms with Crippen molar-refractivity contribution in [1.82, 2.24) is 20.2 Å². The van der Waals surface area contributed by atoms with E-state index in [4.69, 9.17) is 0 Å². The summed E-state index contributed by atoms with van der Waals surface area (Å²) in [6, 6.07) is 0.254. The van der Waals surface area contributed by atoms with Crippen LogP contribution in [0.4, 0.5) is 0 Å². The quantitative estimate of drug-likeness (QED) is 0.814. The predicted octanol–water partition coefficient (Wildman–Crippen LogP) is 1.31. The molecule has 2 N–H and O–H groups in total. The van der Waals surface area contributed by atoms with Gasteiger partial charge in [0.25, 0.3) is 0 Å². The fraction of sp³-hybridized carbons (Fsp3) is 0.714. The van der Waals surface area contributed by atoms with Crippen molar-refractivity contribution in [2.45, 2.75) is 57.7 Å². The molecule has 0 saturated heterocycles. The lowest BCUT2D eigenvalue weighted by Gasteiger charge is -2.24. The first-order valence-electron chi connectivity index (χ1n) is 7.25. The van der Waals surface area contributed by atoms with Gasteiger partial charge in [0.05, 0.1) is 12.4 Å². The van der Waals surface area contributed by atoms with Crippen LogP contribution < -0.4 is 10.6 Å². The lowest BCUT2D eigenvalue weighted by Crippen LogP contribution is -2.47. The zero-order chi connectivity index (χ0) is 13.5. The minimum atomic E-state index is -0.134. The Bertz CT molecular complexity index is 371. The van der Waals surface area contributed by atoms with Gasteiger partial charge in [-0.3, -0.25) is 4.79 Å². The molecule has 106 valence electrons. The van der Waals surface area contributed by atoms with Crippen LogP contribution in [-0.4, -0.2) is 34.1 Å². The number of imidazole rings is 1. The second-order valence-electron chi connectivity index (χ2n) is 5.32. The molecule has 0 spiro atoms. The molecule has 0 radical (unpaired) electrons. The molecular formula is C14H24N4O. The van der Waals surface area contributed by atoms with Gasteiger partial charge in [-0.05, 0) is 19.8 Å².